The molecule has 3 nitrogen and oxygen atoms in total. The van der Waals surface area contributed by atoms with Crippen LogP contribution in [-0.4, -0.2) is 8.75 Å². The second-order valence-electron chi connectivity index (χ2n) is 3.07. The van der Waals surface area contributed by atoms with E-state index in [9.17, 15) is 4.39 Å². The van der Waals surface area contributed by atoms with Crippen LogP contribution in [0.4, 0.5) is 4.39 Å². The first-order valence-electron chi connectivity index (χ1n) is 4.27. The van der Waals surface area contributed by atoms with Gasteiger partial charge in [0.25, 0.3) is 0 Å². The molecule has 1 aromatic carbocycles. The number of nitrogens with two attached hydrogens (primary N) is 1. The van der Waals surface area contributed by atoms with Crippen LogP contribution in [0, 0.1) is 5.82 Å². The lowest BCUT2D eigenvalue weighted by Crippen LogP contribution is -2.14. The third-order valence-electron chi connectivity index (χ3n) is 2.10. The smallest absolute Gasteiger partial charge is 0.148 e. The topological polar surface area (TPSA) is 51.8 Å². The highest BCUT2D eigenvalue weighted by molar-refractivity contribution is 9.10. The maximum atomic E-state index is 13.8. The van der Waals surface area contributed by atoms with Crippen molar-refractivity contribution in [3.05, 3.63) is 44.9 Å². The number of hydrogen-bond acceptors (Lipinski definition) is 4. The molecular weight excluding hydrogens is 317 g/mol. The fourth-order valence-electron chi connectivity index (χ4n) is 1.25. The van der Waals surface area contributed by atoms with Crippen LogP contribution in [-0.2, 0) is 0 Å². The Morgan fingerprint density at radius 2 is 2.25 bits per heavy atom. The molecule has 0 aliphatic rings. The third kappa shape index (κ3) is 2.10. The Balaban J connectivity index is 2.45. The molecule has 0 saturated carbocycles. The molecule has 1 unspecified atom stereocenters. The number of hydrogen-bond donors (Lipinski definition) is 1. The third-order valence-corrected chi connectivity index (χ3v) is 3.85. The molecule has 16 heavy (non-hydrogen) atoms. The van der Waals surface area contributed by atoms with Crippen molar-refractivity contribution in [2.24, 2.45) is 5.73 Å². The normalized spacial score (nSPS) is 12.8. The molecule has 0 bridgehead atoms. The lowest BCUT2D eigenvalue weighted by molar-refractivity contribution is 0.597. The summed E-state index contributed by atoms with van der Waals surface area (Å²) in [4.78, 5) is 0. The molecule has 0 radical (unpaired) electrons. The monoisotopic (exact) mass is 321 g/mol. The molecule has 0 fully saturated rings. The molecule has 84 valence electrons. The van der Waals surface area contributed by atoms with E-state index in [1.165, 1.54) is 6.20 Å². The van der Waals surface area contributed by atoms with Crippen LogP contribution in [0.5, 0.6) is 0 Å². The van der Waals surface area contributed by atoms with Crippen molar-refractivity contribution in [1.29, 1.82) is 0 Å². The zero-order valence-electron chi connectivity index (χ0n) is 7.82. The lowest BCUT2D eigenvalue weighted by Gasteiger charge is -2.11. The summed E-state index contributed by atoms with van der Waals surface area (Å²) < 4.78 is 22.1. The lowest BCUT2D eigenvalue weighted by atomic mass is 10.0. The van der Waals surface area contributed by atoms with Crippen molar-refractivity contribution in [3.8, 4) is 0 Å². The average molecular weight is 323 g/mol. The zero-order chi connectivity index (χ0) is 11.7. The van der Waals surface area contributed by atoms with E-state index in [2.05, 4.69) is 24.7 Å². The average Bonchev–Trinajstić information content (AvgIpc) is 2.79. The Labute approximate surface area is 109 Å². The molecule has 0 amide bonds. The minimum atomic E-state index is -0.649. The fraction of sp³-hybridized carbons (Fsp3) is 0.111. The van der Waals surface area contributed by atoms with Crippen molar-refractivity contribution < 1.29 is 4.39 Å². The van der Waals surface area contributed by atoms with E-state index in [4.69, 9.17) is 17.3 Å². The Morgan fingerprint density at radius 3 is 2.88 bits per heavy atom. The summed E-state index contributed by atoms with van der Waals surface area (Å²) in [5, 5.41) is 0.0242. The first-order valence-corrected chi connectivity index (χ1v) is 6.18. The Bertz CT molecular complexity index is 506. The van der Waals surface area contributed by atoms with Gasteiger partial charge in [-0.3, -0.25) is 0 Å². The SMILES string of the molecule is NC(c1cnsn1)c1ccc(Br)c(Cl)c1F. The molecule has 1 heterocycles. The van der Waals surface area contributed by atoms with Crippen LogP contribution >= 0.6 is 39.3 Å². The maximum Gasteiger partial charge on any atom is 0.148 e. The van der Waals surface area contributed by atoms with Gasteiger partial charge in [0.05, 0.1) is 34.7 Å². The molecule has 1 aromatic heterocycles. The summed E-state index contributed by atoms with van der Waals surface area (Å²) in [6.07, 6.45) is 1.52. The number of aromatic nitrogens is 2. The van der Waals surface area contributed by atoms with Gasteiger partial charge in [0.1, 0.15) is 5.82 Å². The predicted octanol–water partition coefficient (Wildman–Crippen LogP) is 3.14. The van der Waals surface area contributed by atoms with E-state index < -0.39 is 11.9 Å². The summed E-state index contributed by atoms with van der Waals surface area (Å²) in [5.41, 5.74) is 6.71. The largest absolute Gasteiger partial charge is 0.319 e. The van der Waals surface area contributed by atoms with Gasteiger partial charge < -0.3 is 5.73 Å². The molecule has 7 heteroatoms. The van der Waals surface area contributed by atoms with Gasteiger partial charge in [-0.15, -0.1) is 0 Å². The van der Waals surface area contributed by atoms with Crippen LogP contribution in [0.1, 0.15) is 17.3 Å². The highest BCUT2D eigenvalue weighted by atomic mass is 79.9. The maximum absolute atomic E-state index is 13.8. The van der Waals surface area contributed by atoms with Crippen LogP contribution in [0.25, 0.3) is 0 Å². The second kappa shape index (κ2) is 4.75. The Kier molecular flexibility index (Phi) is 3.53. The minimum Gasteiger partial charge on any atom is -0.319 e. The summed E-state index contributed by atoms with van der Waals surface area (Å²) in [7, 11) is 0. The first kappa shape index (κ1) is 11.9. The van der Waals surface area contributed by atoms with Gasteiger partial charge in [-0.1, -0.05) is 17.7 Å². The molecule has 0 saturated heterocycles. The highest BCUT2D eigenvalue weighted by Crippen LogP contribution is 2.31. The fourth-order valence-corrected chi connectivity index (χ4v) is 2.18. The van der Waals surface area contributed by atoms with Gasteiger partial charge in [-0.05, 0) is 22.0 Å². The molecule has 2 N–H and O–H groups in total. The van der Waals surface area contributed by atoms with Gasteiger partial charge in [-0.25, -0.2) is 4.39 Å². The molecule has 0 aliphatic carbocycles. The second-order valence-corrected chi connectivity index (χ2v) is 4.86. The van der Waals surface area contributed by atoms with Gasteiger partial charge in [-0.2, -0.15) is 8.75 Å². The number of halogens is 3. The van der Waals surface area contributed by atoms with Crippen molar-refractivity contribution in [2.45, 2.75) is 6.04 Å². The van der Waals surface area contributed by atoms with Crippen molar-refractivity contribution >= 4 is 39.3 Å². The van der Waals surface area contributed by atoms with Crippen LogP contribution < -0.4 is 5.73 Å². The van der Waals surface area contributed by atoms with Crippen molar-refractivity contribution in [1.82, 2.24) is 8.75 Å². The summed E-state index contributed by atoms with van der Waals surface area (Å²) in [6.45, 7) is 0. The van der Waals surface area contributed by atoms with Gasteiger partial charge in [0.2, 0.25) is 0 Å². The minimum absolute atomic E-state index is 0.0242. The predicted molar refractivity (Wildman–Crippen MR) is 65.0 cm³/mol. The van der Waals surface area contributed by atoms with Crippen molar-refractivity contribution in [3.63, 3.8) is 0 Å². The summed E-state index contributed by atoms with van der Waals surface area (Å²) in [6, 6.07) is 2.58. The molecule has 1 atom stereocenters. The van der Waals surface area contributed by atoms with Gasteiger partial charge in [0, 0.05) is 10.0 Å². The first-order chi connectivity index (χ1) is 7.61. The number of rotatable bonds is 2. The standard InChI is InChI=1S/C9H6BrClFN3S/c10-5-2-1-4(8(12)7(5)11)9(13)6-3-14-16-15-6/h1-3,9H,13H2. The summed E-state index contributed by atoms with van der Waals surface area (Å²) in [5.74, 6) is -0.531. The quantitative estimate of drug-likeness (QED) is 0.864. The summed E-state index contributed by atoms with van der Waals surface area (Å²) >= 11 is 9.95. The molecule has 2 aromatic rings. The Morgan fingerprint density at radius 1 is 1.50 bits per heavy atom. The Hall–Kier alpha value is -0.560. The van der Waals surface area contributed by atoms with E-state index in [0.29, 0.717) is 15.7 Å². The number of nitrogens with zero attached hydrogens (tertiary/aromatic N) is 2. The van der Waals surface area contributed by atoms with E-state index in [1.54, 1.807) is 12.1 Å². The molecule has 0 aliphatic heterocycles. The van der Waals surface area contributed by atoms with Crippen LogP contribution in [0.15, 0.2) is 22.8 Å². The van der Waals surface area contributed by atoms with Gasteiger partial charge >= 0.3 is 0 Å². The molecular formula is C9H6BrClFN3S. The van der Waals surface area contributed by atoms with E-state index in [-0.39, 0.29) is 5.02 Å². The number of benzene rings is 1. The van der Waals surface area contributed by atoms with E-state index in [1.807, 2.05) is 0 Å². The highest BCUT2D eigenvalue weighted by Gasteiger charge is 2.19. The zero-order valence-corrected chi connectivity index (χ0v) is 11.0. The van der Waals surface area contributed by atoms with E-state index in [0.717, 1.165) is 11.7 Å². The molecule has 0 spiro atoms. The van der Waals surface area contributed by atoms with E-state index >= 15 is 0 Å². The van der Waals surface area contributed by atoms with Gasteiger partial charge in [0.15, 0.2) is 0 Å². The molecule has 2 rings (SSSR count). The van der Waals surface area contributed by atoms with Crippen LogP contribution in [0.3, 0.4) is 0 Å². The van der Waals surface area contributed by atoms with Crippen molar-refractivity contribution in [2.75, 3.05) is 0 Å². The van der Waals surface area contributed by atoms with Crippen LogP contribution in [0.2, 0.25) is 5.02 Å².